The van der Waals surface area contributed by atoms with Crippen molar-refractivity contribution in [3.63, 3.8) is 0 Å². The van der Waals surface area contributed by atoms with E-state index in [1.54, 1.807) is 0 Å². The number of nitrogens with one attached hydrogen (secondary N) is 1. The smallest absolute Gasteiger partial charge is 0.207 e. The largest absolute Gasteiger partial charge is 0.359 e. The Morgan fingerprint density at radius 2 is 2.00 bits per heavy atom. The van der Waals surface area contributed by atoms with Crippen LogP contribution in [0.25, 0.3) is 0 Å². The maximum atomic E-state index is 9.91. The molecule has 72 valence electrons. The molecule has 0 aromatic carbocycles. The number of unbranched alkanes of at least 4 members (excludes halogenated alkanes) is 1. The lowest BCUT2D eigenvalue weighted by molar-refractivity contribution is -0.109. The summed E-state index contributed by atoms with van der Waals surface area (Å²) < 4.78 is 0. The minimum absolute atomic E-state index is 0.775. The molecule has 0 fully saturated rings. The minimum atomic E-state index is 0.775. The van der Waals surface area contributed by atoms with Gasteiger partial charge in [0, 0.05) is 6.54 Å². The topological polar surface area (TPSA) is 29.1 Å². The van der Waals surface area contributed by atoms with Gasteiger partial charge >= 0.3 is 0 Å². The Morgan fingerprint density at radius 1 is 1.33 bits per heavy atom. The van der Waals surface area contributed by atoms with Crippen LogP contribution in [0, 0.1) is 5.92 Å². The first-order valence-corrected chi connectivity index (χ1v) is 4.98. The molecule has 0 spiro atoms. The maximum absolute atomic E-state index is 9.91. The fourth-order valence-electron chi connectivity index (χ4n) is 1.31. The molecule has 0 saturated heterocycles. The van der Waals surface area contributed by atoms with Crippen molar-refractivity contribution in [3.05, 3.63) is 0 Å². The Labute approximate surface area is 75.7 Å². The number of rotatable bonds is 8. The van der Waals surface area contributed by atoms with Crippen LogP contribution in [-0.4, -0.2) is 13.0 Å². The van der Waals surface area contributed by atoms with Crippen LogP contribution in [0.3, 0.4) is 0 Å². The molecule has 1 amide bonds. The molecule has 0 rings (SSSR count). The first kappa shape index (κ1) is 11.5. The van der Waals surface area contributed by atoms with Crippen LogP contribution >= 0.6 is 0 Å². The number of carbonyl (C=O) groups excluding carboxylic acids is 1. The van der Waals surface area contributed by atoms with Gasteiger partial charge in [0.05, 0.1) is 0 Å². The van der Waals surface area contributed by atoms with Gasteiger partial charge in [0.1, 0.15) is 0 Å². The molecule has 0 aromatic heterocycles. The number of hydrogen-bond donors (Lipinski definition) is 1. The Balaban J connectivity index is 3.07. The van der Waals surface area contributed by atoms with E-state index in [2.05, 4.69) is 19.2 Å². The van der Waals surface area contributed by atoms with E-state index < -0.39 is 0 Å². The van der Waals surface area contributed by atoms with Crippen LogP contribution in [0.2, 0.25) is 0 Å². The second-order valence-corrected chi connectivity index (χ2v) is 3.46. The van der Waals surface area contributed by atoms with E-state index in [9.17, 15) is 4.79 Å². The van der Waals surface area contributed by atoms with Gasteiger partial charge in [-0.15, -0.1) is 0 Å². The third-order valence-electron chi connectivity index (χ3n) is 2.15. The predicted octanol–water partition coefficient (Wildman–Crippen LogP) is 2.34. The molecule has 0 unspecified atom stereocenters. The molecule has 2 nitrogen and oxygen atoms in total. The molecular weight excluding hydrogens is 150 g/mol. The average Bonchev–Trinajstić information content (AvgIpc) is 2.09. The second kappa shape index (κ2) is 8.57. The highest BCUT2D eigenvalue weighted by Crippen LogP contribution is 2.12. The highest BCUT2D eigenvalue weighted by Gasteiger charge is 1.99. The molecule has 2 heteroatoms. The van der Waals surface area contributed by atoms with Crippen LogP contribution in [0.4, 0.5) is 0 Å². The van der Waals surface area contributed by atoms with Crippen molar-refractivity contribution in [3.8, 4) is 0 Å². The normalized spacial score (nSPS) is 12.5. The first-order valence-electron chi connectivity index (χ1n) is 4.98. The van der Waals surface area contributed by atoms with E-state index in [1.165, 1.54) is 25.7 Å². The van der Waals surface area contributed by atoms with Crippen LogP contribution < -0.4 is 5.32 Å². The predicted molar refractivity (Wildman–Crippen MR) is 52.0 cm³/mol. The highest BCUT2D eigenvalue weighted by molar-refractivity contribution is 5.45. The maximum Gasteiger partial charge on any atom is 0.207 e. The van der Waals surface area contributed by atoms with Crippen LogP contribution in [0.15, 0.2) is 0 Å². The monoisotopic (exact) mass is 171 g/mol. The van der Waals surface area contributed by atoms with Gasteiger partial charge in [0.2, 0.25) is 6.41 Å². The van der Waals surface area contributed by atoms with Gasteiger partial charge in [0.25, 0.3) is 0 Å². The van der Waals surface area contributed by atoms with Gasteiger partial charge in [-0.2, -0.15) is 0 Å². The van der Waals surface area contributed by atoms with Gasteiger partial charge in [-0.1, -0.05) is 33.1 Å². The first-order chi connectivity index (χ1) is 5.81. The summed E-state index contributed by atoms with van der Waals surface area (Å²) in [5.74, 6) is 0.818. The van der Waals surface area contributed by atoms with Crippen molar-refractivity contribution in [2.24, 2.45) is 5.92 Å². The van der Waals surface area contributed by atoms with Crippen molar-refractivity contribution in [2.45, 2.75) is 46.0 Å². The van der Waals surface area contributed by atoms with E-state index in [1.807, 2.05) is 0 Å². The Bertz CT molecular complexity index is 104. The molecule has 1 atom stereocenters. The molecule has 1 N–H and O–H groups in total. The highest BCUT2D eigenvalue weighted by atomic mass is 16.1. The molecule has 0 aliphatic rings. The lowest BCUT2D eigenvalue weighted by atomic mass is 9.99. The lowest BCUT2D eigenvalue weighted by Gasteiger charge is -2.09. The van der Waals surface area contributed by atoms with Crippen molar-refractivity contribution in [1.82, 2.24) is 5.32 Å². The molecule has 0 aliphatic carbocycles. The lowest BCUT2D eigenvalue weighted by Crippen LogP contribution is -2.12. The van der Waals surface area contributed by atoms with Crippen LogP contribution in [0.5, 0.6) is 0 Å². The molecule has 0 aliphatic heterocycles. The summed E-state index contributed by atoms with van der Waals surface area (Å²) in [5, 5.41) is 2.68. The summed E-state index contributed by atoms with van der Waals surface area (Å²) in [7, 11) is 0. The zero-order chi connectivity index (χ0) is 9.23. The van der Waals surface area contributed by atoms with Gasteiger partial charge in [0.15, 0.2) is 0 Å². The summed E-state index contributed by atoms with van der Waals surface area (Å²) >= 11 is 0. The molecule has 0 bridgehead atoms. The van der Waals surface area contributed by atoms with E-state index in [4.69, 9.17) is 0 Å². The third kappa shape index (κ3) is 7.58. The molecule has 0 radical (unpaired) electrons. The average molecular weight is 171 g/mol. The zero-order valence-electron chi connectivity index (χ0n) is 8.31. The Hall–Kier alpha value is -0.530. The third-order valence-corrected chi connectivity index (χ3v) is 2.15. The number of hydrogen-bond acceptors (Lipinski definition) is 1. The number of amides is 1. The van der Waals surface area contributed by atoms with E-state index in [-0.39, 0.29) is 0 Å². The quantitative estimate of drug-likeness (QED) is 0.441. The van der Waals surface area contributed by atoms with Gasteiger partial charge < -0.3 is 5.32 Å². The van der Waals surface area contributed by atoms with E-state index >= 15 is 0 Å². The van der Waals surface area contributed by atoms with E-state index in [0.29, 0.717) is 0 Å². The van der Waals surface area contributed by atoms with E-state index in [0.717, 1.165) is 25.3 Å². The van der Waals surface area contributed by atoms with Crippen molar-refractivity contribution in [1.29, 1.82) is 0 Å². The van der Waals surface area contributed by atoms with Crippen molar-refractivity contribution in [2.75, 3.05) is 6.54 Å². The summed E-state index contributed by atoms with van der Waals surface area (Å²) in [5.41, 5.74) is 0. The van der Waals surface area contributed by atoms with Gasteiger partial charge in [-0.05, 0) is 18.8 Å². The fourth-order valence-corrected chi connectivity index (χ4v) is 1.31. The summed E-state index contributed by atoms with van der Waals surface area (Å²) in [6.07, 6.45) is 7.08. The van der Waals surface area contributed by atoms with Crippen molar-refractivity contribution >= 4 is 6.41 Å². The van der Waals surface area contributed by atoms with Crippen molar-refractivity contribution < 1.29 is 4.79 Å². The molecule has 0 heterocycles. The molecular formula is C10H21NO. The summed E-state index contributed by atoms with van der Waals surface area (Å²) in [6, 6.07) is 0. The summed E-state index contributed by atoms with van der Waals surface area (Å²) in [4.78, 5) is 9.91. The fraction of sp³-hybridized carbons (Fsp3) is 0.900. The Kier molecular flexibility index (Phi) is 8.19. The van der Waals surface area contributed by atoms with Gasteiger partial charge in [-0.3, -0.25) is 4.79 Å². The second-order valence-electron chi connectivity index (χ2n) is 3.46. The van der Waals surface area contributed by atoms with Gasteiger partial charge in [-0.25, -0.2) is 0 Å². The zero-order valence-corrected chi connectivity index (χ0v) is 8.31. The Morgan fingerprint density at radius 3 is 2.58 bits per heavy atom. The van der Waals surface area contributed by atoms with Crippen LogP contribution in [-0.2, 0) is 4.79 Å². The molecule has 0 saturated carbocycles. The summed E-state index contributed by atoms with van der Waals surface area (Å²) in [6.45, 7) is 5.34. The SMILES string of the molecule is CCCC[C@H](C)CCCNC=O. The van der Waals surface area contributed by atoms with Crippen LogP contribution in [0.1, 0.15) is 46.0 Å². The standard InChI is InChI=1S/C10H21NO/c1-3-4-6-10(2)7-5-8-11-9-12/h9-10H,3-8H2,1-2H3,(H,11,12)/t10-/m0/s1. The molecule has 0 aromatic rings. The minimum Gasteiger partial charge on any atom is -0.359 e. The number of carbonyl (C=O) groups is 1. The molecule has 12 heavy (non-hydrogen) atoms.